The van der Waals surface area contributed by atoms with Crippen LogP contribution in [0.25, 0.3) is 32.9 Å². The summed E-state index contributed by atoms with van der Waals surface area (Å²) in [6.07, 6.45) is 3.75. The second-order valence-electron chi connectivity index (χ2n) is 7.05. The molecule has 1 saturated carbocycles. The van der Waals surface area contributed by atoms with E-state index < -0.39 is 11.6 Å². The Balaban J connectivity index is 1.82. The second-order valence-corrected chi connectivity index (χ2v) is 7.05. The number of nitrogen functional groups attached to an aromatic ring is 1. The average molecular weight is 381 g/mol. The molecule has 0 radical (unpaired) electrons. The first-order valence-electron chi connectivity index (χ1n) is 8.94. The molecule has 2 aromatic heterocycles. The van der Waals surface area contributed by atoms with Crippen LogP contribution in [0.3, 0.4) is 0 Å². The molecule has 142 valence electrons. The van der Waals surface area contributed by atoms with Gasteiger partial charge in [0.2, 0.25) is 5.88 Å². The molecule has 1 aliphatic carbocycles. The van der Waals surface area contributed by atoms with E-state index in [0.717, 1.165) is 25.0 Å². The molecule has 2 aromatic carbocycles. The van der Waals surface area contributed by atoms with Gasteiger partial charge < -0.3 is 20.1 Å². The topological polar surface area (TPSA) is 73.3 Å². The Hall–Kier alpha value is -3.35. The van der Waals surface area contributed by atoms with E-state index >= 15 is 0 Å². The summed E-state index contributed by atoms with van der Waals surface area (Å²) in [5, 5.41) is 11.6. The van der Waals surface area contributed by atoms with Crippen molar-refractivity contribution in [2.75, 3.05) is 12.8 Å². The molecule has 7 heteroatoms. The molecule has 3 N–H and O–H groups in total. The van der Waals surface area contributed by atoms with E-state index in [0.29, 0.717) is 33.1 Å². The highest BCUT2D eigenvalue weighted by atomic mass is 19.1. The Morgan fingerprint density at radius 1 is 1.18 bits per heavy atom. The lowest BCUT2D eigenvalue weighted by Crippen LogP contribution is -1.96. The molecule has 5 nitrogen and oxygen atoms in total. The third-order valence-electron chi connectivity index (χ3n) is 5.29. The number of anilines is 1. The number of hydrogen-bond acceptors (Lipinski definition) is 4. The van der Waals surface area contributed by atoms with Crippen molar-refractivity contribution in [1.82, 2.24) is 9.55 Å². The molecule has 0 aliphatic heterocycles. The van der Waals surface area contributed by atoms with Gasteiger partial charge >= 0.3 is 0 Å². The third kappa shape index (κ3) is 2.32. The summed E-state index contributed by atoms with van der Waals surface area (Å²) < 4.78 is 35.5. The molecule has 0 bridgehead atoms. The molecule has 0 unspecified atom stereocenters. The van der Waals surface area contributed by atoms with Gasteiger partial charge in [-0.1, -0.05) is 18.2 Å². The number of ether oxygens (including phenoxy) is 1. The largest absolute Gasteiger partial charge is 0.494 e. The SMILES string of the molecule is COc1cc(F)c(-c2cccc3c(N)c4c(O)n(C5CC5)cc4nc23)cc1F. The molecule has 0 spiro atoms. The monoisotopic (exact) mass is 381 g/mol. The molecule has 28 heavy (non-hydrogen) atoms. The predicted molar refractivity (Wildman–Crippen MR) is 103 cm³/mol. The zero-order chi connectivity index (χ0) is 19.6. The molecule has 0 saturated heterocycles. The molecular formula is C21H17F2N3O2. The van der Waals surface area contributed by atoms with Crippen LogP contribution in [-0.4, -0.2) is 21.8 Å². The van der Waals surface area contributed by atoms with Crippen LogP contribution in [0, 0.1) is 11.6 Å². The van der Waals surface area contributed by atoms with Gasteiger partial charge in [-0.05, 0) is 18.9 Å². The van der Waals surface area contributed by atoms with Gasteiger partial charge in [-0.15, -0.1) is 0 Å². The number of aromatic hydroxyl groups is 1. The molecule has 2 heterocycles. The van der Waals surface area contributed by atoms with Crippen molar-refractivity contribution in [2.45, 2.75) is 18.9 Å². The van der Waals surface area contributed by atoms with Crippen molar-refractivity contribution in [2.24, 2.45) is 0 Å². The first-order chi connectivity index (χ1) is 13.5. The third-order valence-corrected chi connectivity index (χ3v) is 5.29. The maximum Gasteiger partial charge on any atom is 0.203 e. The molecular weight excluding hydrogens is 364 g/mol. The molecule has 1 aliphatic rings. The summed E-state index contributed by atoms with van der Waals surface area (Å²) in [4.78, 5) is 4.64. The van der Waals surface area contributed by atoms with Crippen LogP contribution in [0.15, 0.2) is 36.5 Å². The van der Waals surface area contributed by atoms with Gasteiger partial charge in [0.25, 0.3) is 0 Å². The van der Waals surface area contributed by atoms with Crippen LogP contribution in [0.1, 0.15) is 18.9 Å². The van der Waals surface area contributed by atoms with E-state index in [1.54, 1.807) is 29.0 Å². The molecule has 0 amide bonds. The highest BCUT2D eigenvalue weighted by molar-refractivity contribution is 6.12. The standard InChI is InChI=1S/C21H17F2N3O2/c1-28-17-8-14(22)13(7-15(17)23)11-3-2-4-12-19(24)18-16(25-20(11)12)9-26(21(18)27)10-5-6-10/h2-4,7-10,27H,5-6,24H2,1H3. The Bertz CT molecular complexity index is 1260. The molecule has 4 aromatic rings. The number of benzene rings is 2. The Morgan fingerprint density at radius 3 is 2.68 bits per heavy atom. The van der Waals surface area contributed by atoms with E-state index in [1.807, 2.05) is 0 Å². The first-order valence-corrected chi connectivity index (χ1v) is 8.94. The Morgan fingerprint density at radius 2 is 1.96 bits per heavy atom. The zero-order valence-corrected chi connectivity index (χ0v) is 15.0. The summed E-state index contributed by atoms with van der Waals surface area (Å²) in [7, 11) is 1.28. The number of fused-ring (bicyclic) bond motifs is 2. The minimum absolute atomic E-state index is 0.0704. The lowest BCUT2D eigenvalue weighted by Gasteiger charge is -2.11. The molecule has 1 fully saturated rings. The van der Waals surface area contributed by atoms with Gasteiger partial charge in [-0.2, -0.15) is 0 Å². The normalized spacial score (nSPS) is 14.1. The number of hydrogen-bond donors (Lipinski definition) is 2. The van der Waals surface area contributed by atoms with Crippen LogP contribution in [0.2, 0.25) is 0 Å². The Kier molecular flexibility index (Phi) is 3.49. The minimum Gasteiger partial charge on any atom is -0.494 e. The predicted octanol–water partition coefficient (Wildman–Crippen LogP) is 4.77. The number of nitrogens with two attached hydrogens (primary N) is 1. The van der Waals surface area contributed by atoms with Gasteiger partial charge in [0, 0.05) is 34.8 Å². The van der Waals surface area contributed by atoms with Crippen LogP contribution in [0.5, 0.6) is 11.6 Å². The highest BCUT2D eigenvalue weighted by Gasteiger charge is 2.28. The fraction of sp³-hybridized carbons (Fsp3) is 0.190. The summed E-state index contributed by atoms with van der Waals surface area (Å²) >= 11 is 0. The lowest BCUT2D eigenvalue weighted by molar-refractivity contribution is 0.383. The number of para-hydroxylation sites is 1. The first kappa shape index (κ1) is 16.8. The molecule has 5 rings (SSSR count). The summed E-state index contributed by atoms with van der Waals surface area (Å²) in [6, 6.07) is 7.50. The zero-order valence-electron chi connectivity index (χ0n) is 15.0. The van der Waals surface area contributed by atoms with Crippen molar-refractivity contribution < 1.29 is 18.6 Å². The fourth-order valence-electron chi connectivity index (χ4n) is 3.72. The van der Waals surface area contributed by atoms with E-state index in [1.165, 1.54) is 7.11 Å². The summed E-state index contributed by atoms with van der Waals surface area (Å²) in [5.74, 6) is -1.36. The van der Waals surface area contributed by atoms with Gasteiger partial charge in [0.15, 0.2) is 11.6 Å². The van der Waals surface area contributed by atoms with Gasteiger partial charge in [-0.3, -0.25) is 0 Å². The van der Waals surface area contributed by atoms with Gasteiger partial charge in [0.05, 0.1) is 29.2 Å². The van der Waals surface area contributed by atoms with Crippen LogP contribution >= 0.6 is 0 Å². The minimum atomic E-state index is -0.664. The highest BCUT2D eigenvalue weighted by Crippen LogP contribution is 2.45. The maximum atomic E-state index is 14.7. The lowest BCUT2D eigenvalue weighted by atomic mass is 9.99. The average Bonchev–Trinajstić information content (AvgIpc) is 3.47. The van der Waals surface area contributed by atoms with Crippen LogP contribution in [0.4, 0.5) is 14.5 Å². The van der Waals surface area contributed by atoms with E-state index in [2.05, 4.69) is 4.98 Å². The Labute approximate surface area is 159 Å². The van der Waals surface area contributed by atoms with E-state index in [-0.39, 0.29) is 23.2 Å². The number of halogens is 2. The van der Waals surface area contributed by atoms with Gasteiger partial charge in [-0.25, -0.2) is 13.8 Å². The maximum absolute atomic E-state index is 14.7. The summed E-state index contributed by atoms with van der Waals surface area (Å²) in [5.41, 5.74) is 8.18. The van der Waals surface area contributed by atoms with Crippen molar-refractivity contribution in [3.63, 3.8) is 0 Å². The summed E-state index contributed by atoms with van der Waals surface area (Å²) in [6.45, 7) is 0. The van der Waals surface area contributed by atoms with Crippen LogP contribution < -0.4 is 10.5 Å². The van der Waals surface area contributed by atoms with E-state index in [4.69, 9.17) is 10.5 Å². The van der Waals surface area contributed by atoms with Gasteiger partial charge in [0.1, 0.15) is 5.82 Å². The number of methoxy groups -OCH3 is 1. The van der Waals surface area contributed by atoms with Crippen molar-refractivity contribution in [1.29, 1.82) is 0 Å². The second kappa shape index (κ2) is 5.82. The fourth-order valence-corrected chi connectivity index (χ4v) is 3.72. The number of rotatable bonds is 3. The number of nitrogens with zero attached hydrogens (tertiary/aromatic N) is 2. The number of aromatic nitrogens is 2. The van der Waals surface area contributed by atoms with Crippen molar-refractivity contribution in [3.8, 4) is 22.8 Å². The number of pyridine rings is 1. The smallest absolute Gasteiger partial charge is 0.203 e. The van der Waals surface area contributed by atoms with E-state index in [9.17, 15) is 13.9 Å². The van der Waals surface area contributed by atoms with Crippen molar-refractivity contribution in [3.05, 3.63) is 48.2 Å². The van der Waals surface area contributed by atoms with Crippen molar-refractivity contribution >= 4 is 27.5 Å². The van der Waals surface area contributed by atoms with Crippen LogP contribution in [-0.2, 0) is 0 Å². The quantitative estimate of drug-likeness (QED) is 0.536. The molecule has 0 atom stereocenters.